The van der Waals surface area contributed by atoms with Crippen molar-refractivity contribution in [1.29, 1.82) is 5.41 Å². The molecule has 1 aliphatic rings. The molecule has 104 valence electrons. The molecule has 0 aliphatic carbocycles. The highest BCUT2D eigenvalue weighted by molar-refractivity contribution is 6.34. The number of rotatable bonds is 4. The van der Waals surface area contributed by atoms with Crippen LogP contribution in [0.1, 0.15) is 31.2 Å². The van der Waals surface area contributed by atoms with Crippen LogP contribution in [0.25, 0.3) is 0 Å². The molecule has 1 unspecified atom stereocenters. The summed E-state index contributed by atoms with van der Waals surface area (Å²) in [5.41, 5.74) is 7.09. The minimum absolute atomic E-state index is 0.0119. The average molecular weight is 282 g/mol. The molecule has 1 aromatic rings. The molecule has 0 saturated carbocycles. The number of piperidine rings is 1. The van der Waals surface area contributed by atoms with Crippen molar-refractivity contribution in [1.82, 2.24) is 0 Å². The molecule has 1 saturated heterocycles. The SMILES string of the molecule is N=C(N)c1ccc(N2CCCCC2CCO)cc1Cl. The van der Waals surface area contributed by atoms with Gasteiger partial charge in [-0.2, -0.15) is 0 Å². The molecular formula is C14H20ClN3O. The number of amidine groups is 1. The minimum Gasteiger partial charge on any atom is -0.396 e. The van der Waals surface area contributed by atoms with Crippen LogP contribution in [0, 0.1) is 5.41 Å². The Kier molecular flexibility index (Phi) is 4.66. The Balaban J connectivity index is 2.24. The third-order valence-corrected chi connectivity index (χ3v) is 3.98. The second-order valence-corrected chi connectivity index (χ2v) is 5.34. The van der Waals surface area contributed by atoms with Gasteiger partial charge in [-0.1, -0.05) is 11.6 Å². The van der Waals surface area contributed by atoms with Crippen molar-refractivity contribution in [2.45, 2.75) is 31.7 Å². The molecule has 19 heavy (non-hydrogen) atoms. The maximum atomic E-state index is 9.16. The average Bonchev–Trinajstić information content (AvgIpc) is 2.39. The highest BCUT2D eigenvalue weighted by atomic mass is 35.5. The Morgan fingerprint density at radius 1 is 1.47 bits per heavy atom. The van der Waals surface area contributed by atoms with Gasteiger partial charge in [0.15, 0.2) is 0 Å². The topological polar surface area (TPSA) is 73.3 Å². The van der Waals surface area contributed by atoms with E-state index in [1.54, 1.807) is 6.07 Å². The lowest BCUT2D eigenvalue weighted by Gasteiger charge is -2.37. The summed E-state index contributed by atoms with van der Waals surface area (Å²) >= 11 is 6.17. The van der Waals surface area contributed by atoms with Crippen LogP contribution >= 0.6 is 11.6 Å². The van der Waals surface area contributed by atoms with E-state index in [-0.39, 0.29) is 12.4 Å². The van der Waals surface area contributed by atoms with Gasteiger partial charge < -0.3 is 15.7 Å². The molecule has 4 nitrogen and oxygen atoms in total. The van der Waals surface area contributed by atoms with Gasteiger partial charge in [-0.05, 0) is 43.9 Å². The summed E-state index contributed by atoms with van der Waals surface area (Å²) < 4.78 is 0. The molecule has 2 rings (SSSR count). The fraction of sp³-hybridized carbons (Fsp3) is 0.500. The van der Waals surface area contributed by atoms with Crippen molar-refractivity contribution in [3.05, 3.63) is 28.8 Å². The quantitative estimate of drug-likeness (QED) is 0.586. The van der Waals surface area contributed by atoms with Crippen LogP contribution in [0.2, 0.25) is 5.02 Å². The number of nitrogens with one attached hydrogen (secondary N) is 1. The number of benzene rings is 1. The van der Waals surface area contributed by atoms with Gasteiger partial charge in [-0.25, -0.2) is 0 Å². The van der Waals surface area contributed by atoms with Crippen molar-refractivity contribution >= 4 is 23.1 Å². The molecule has 4 N–H and O–H groups in total. The maximum Gasteiger partial charge on any atom is 0.124 e. The third kappa shape index (κ3) is 3.19. The smallest absolute Gasteiger partial charge is 0.124 e. The third-order valence-electron chi connectivity index (χ3n) is 3.66. The summed E-state index contributed by atoms with van der Waals surface area (Å²) in [6.45, 7) is 1.20. The lowest BCUT2D eigenvalue weighted by atomic mass is 9.98. The van der Waals surface area contributed by atoms with Crippen LogP contribution in [-0.4, -0.2) is 30.1 Å². The van der Waals surface area contributed by atoms with Gasteiger partial charge in [-0.15, -0.1) is 0 Å². The number of aliphatic hydroxyl groups is 1. The highest BCUT2D eigenvalue weighted by Crippen LogP contribution is 2.29. The fourth-order valence-corrected chi connectivity index (χ4v) is 2.97. The molecule has 0 amide bonds. The lowest BCUT2D eigenvalue weighted by molar-refractivity contribution is 0.262. The van der Waals surface area contributed by atoms with E-state index in [1.807, 2.05) is 12.1 Å². The normalized spacial score (nSPS) is 19.5. The zero-order chi connectivity index (χ0) is 13.8. The van der Waals surface area contributed by atoms with Crippen molar-refractivity contribution < 1.29 is 5.11 Å². The van der Waals surface area contributed by atoms with Gasteiger partial charge in [0.1, 0.15) is 5.84 Å². The summed E-state index contributed by atoms with van der Waals surface area (Å²) in [4.78, 5) is 2.30. The second-order valence-electron chi connectivity index (χ2n) is 4.93. The lowest BCUT2D eigenvalue weighted by Crippen LogP contribution is -2.40. The number of nitrogens with zero attached hydrogens (tertiary/aromatic N) is 1. The van der Waals surface area contributed by atoms with E-state index in [0.717, 1.165) is 31.5 Å². The summed E-state index contributed by atoms with van der Waals surface area (Å²) in [6.07, 6.45) is 4.26. The van der Waals surface area contributed by atoms with Crippen LogP contribution in [0.5, 0.6) is 0 Å². The van der Waals surface area contributed by atoms with Gasteiger partial charge in [0.25, 0.3) is 0 Å². The van der Waals surface area contributed by atoms with Crippen LogP contribution in [0.4, 0.5) is 5.69 Å². The number of hydrogen-bond donors (Lipinski definition) is 3. The first-order chi connectivity index (χ1) is 9.13. The largest absolute Gasteiger partial charge is 0.396 e. The van der Waals surface area contributed by atoms with Crippen LogP contribution in [0.3, 0.4) is 0 Å². The second kappa shape index (κ2) is 6.26. The predicted molar refractivity (Wildman–Crippen MR) is 79.2 cm³/mol. The molecule has 1 aliphatic heterocycles. The van der Waals surface area contributed by atoms with Gasteiger partial charge in [0.2, 0.25) is 0 Å². The zero-order valence-electron chi connectivity index (χ0n) is 10.9. The van der Waals surface area contributed by atoms with Crippen LogP contribution < -0.4 is 10.6 Å². The fourth-order valence-electron chi connectivity index (χ4n) is 2.69. The van der Waals surface area contributed by atoms with E-state index in [4.69, 9.17) is 27.9 Å². The molecule has 0 radical (unpaired) electrons. The predicted octanol–water partition coefficient (Wildman–Crippen LogP) is 2.37. The van der Waals surface area contributed by atoms with E-state index >= 15 is 0 Å². The number of hydrogen-bond acceptors (Lipinski definition) is 3. The van der Waals surface area contributed by atoms with Crippen molar-refractivity contribution in [3.63, 3.8) is 0 Å². The van der Waals surface area contributed by atoms with E-state index < -0.39 is 0 Å². The van der Waals surface area contributed by atoms with Crippen LogP contribution in [-0.2, 0) is 0 Å². The molecule has 1 heterocycles. The number of aliphatic hydroxyl groups excluding tert-OH is 1. The molecule has 0 spiro atoms. The van der Waals surface area contributed by atoms with Crippen molar-refractivity contribution in [2.75, 3.05) is 18.1 Å². The Morgan fingerprint density at radius 2 is 2.26 bits per heavy atom. The Labute approximate surface area is 118 Å². The molecule has 5 heteroatoms. The summed E-state index contributed by atoms with van der Waals surface area (Å²) in [5, 5.41) is 17.1. The van der Waals surface area contributed by atoms with E-state index in [2.05, 4.69) is 4.90 Å². The minimum atomic E-state index is -0.0119. The monoisotopic (exact) mass is 281 g/mol. The zero-order valence-corrected chi connectivity index (χ0v) is 11.7. The van der Waals surface area contributed by atoms with Gasteiger partial charge in [-0.3, -0.25) is 5.41 Å². The molecule has 1 aromatic carbocycles. The summed E-state index contributed by atoms with van der Waals surface area (Å²) in [7, 11) is 0. The van der Waals surface area contributed by atoms with Crippen LogP contribution in [0.15, 0.2) is 18.2 Å². The first kappa shape index (κ1) is 14.2. The number of nitrogen functional groups attached to an aromatic ring is 1. The Hall–Kier alpha value is -1.26. The number of anilines is 1. The van der Waals surface area contributed by atoms with Crippen molar-refractivity contribution in [2.24, 2.45) is 5.73 Å². The number of nitrogens with two attached hydrogens (primary N) is 1. The van der Waals surface area contributed by atoms with E-state index in [9.17, 15) is 0 Å². The Bertz CT molecular complexity index is 462. The molecule has 1 atom stereocenters. The van der Waals surface area contributed by atoms with E-state index in [0.29, 0.717) is 16.6 Å². The van der Waals surface area contributed by atoms with Gasteiger partial charge in [0.05, 0.1) is 5.02 Å². The molecular weight excluding hydrogens is 262 g/mol. The van der Waals surface area contributed by atoms with Crippen molar-refractivity contribution in [3.8, 4) is 0 Å². The van der Waals surface area contributed by atoms with Gasteiger partial charge >= 0.3 is 0 Å². The molecule has 0 bridgehead atoms. The first-order valence-electron chi connectivity index (χ1n) is 6.65. The first-order valence-corrected chi connectivity index (χ1v) is 7.02. The summed E-state index contributed by atoms with van der Waals surface area (Å²) in [5.74, 6) is -0.0119. The number of halogens is 1. The Morgan fingerprint density at radius 3 is 2.89 bits per heavy atom. The summed E-state index contributed by atoms with van der Waals surface area (Å²) in [6, 6.07) is 6.00. The molecule has 0 aromatic heterocycles. The molecule has 1 fully saturated rings. The van der Waals surface area contributed by atoms with Gasteiger partial charge in [0, 0.05) is 30.4 Å². The highest BCUT2D eigenvalue weighted by Gasteiger charge is 2.22. The van der Waals surface area contributed by atoms with E-state index in [1.165, 1.54) is 6.42 Å². The standard InChI is InChI=1S/C14H20ClN3O/c15-13-9-11(4-5-12(13)14(16)17)18-7-2-1-3-10(18)6-8-19/h4-5,9-10,19H,1-3,6-8H2,(H3,16,17). The maximum absolute atomic E-state index is 9.16.